The van der Waals surface area contributed by atoms with Crippen LogP contribution in [0.3, 0.4) is 0 Å². The van der Waals surface area contributed by atoms with Gasteiger partial charge in [-0.2, -0.15) is 0 Å². The molecular weight excluding hydrogens is 209 g/mol. The monoisotopic (exact) mass is 217 g/mol. The maximum atomic E-state index is 5.91. The predicted molar refractivity (Wildman–Crippen MR) is 55.3 cm³/mol. The highest BCUT2D eigenvalue weighted by atomic mass is 35.5. The van der Waals surface area contributed by atoms with Gasteiger partial charge in [-0.25, -0.2) is 4.98 Å². The van der Waals surface area contributed by atoms with E-state index in [9.17, 15) is 0 Å². The van der Waals surface area contributed by atoms with Crippen molar-refractivity contribution in [3.8, 4) is 0 Å². The minimum Gasteiger partial charge on any atom is -0.325 e. The summed E-state index contributed by atoms with van der Waals surface area (Å²) in [6.07, 6.45) is 1.84. The Labute approximate surface area is 86.9 Å². The zero-order valence-electron chi connectivity index (χ0n) is 6.77. The van der Waals surface area contributed by atoms with Crippen LogP contribution < -0.4 is 5.73 Å². The zero-order valence-corrected chi connectivity index (χ0v) is 8.35. The summed E-state index contributed by atoms with van der Waals surface area (Å²) < 4.78 is 1.81. The normalized spacial score (nSPS) is 10.0. The van der Waals surface area contributed by atoms with Gasteiger partial charge in [0, 0.05) is 12.7 Å². The van der Waals surface area contributed by atoms with E-state index in [-0.39, 0.29) is 12.4 Å². The molecule has 70 valence electrons. The molecule has 5 heteroatoms. The van der Waals surface area contributed by atoms with Crippen molar-refractivity contribution >= 4 is 29.7 Å². The molecule has 2 rings (SSSR count). The SMILES string of the molecule is Cl.NCc1cn2c(Cl)cccc2n1. The van der Waals surface area contributed by atoms with E-state index in [1.807, 2.05) is 28.8 Å². The van der Waals surface area contributed by atoms with Gasteiger partial charge in [0.2, 0.25) is 0 Å². The molecule has 2 aromatic rings. The van der Waals surface area contributed by atoms with Gasteiger partial charge in [-0.3, -0.25) is 4.40 Å². The quantitative estimate of drug-likeness (QED) is 0.742. The molecule has 0 fully saturated rings. The second kappa shape index (κ2) is 3.96. The van der Waals surface area contributed by atoms with E-state index in [0.717, 1.165) is 11.3 Å². The number of aromatic nitrogens is 2. The Hall–Kier alpha value is -0.770. The van der Waals surface area contributed by atoms with Crippen LogP contribution in [-0.4, -0.2) is 9.38 Å². The van der Waals surface area contributed by atoms with Gasteiger partial charge in [0.25, 0.3) is 0 Å². The van der Waals surface area contributed by atoms with Crippen LogP contribution in [0.25, 0.3) is 5.65 Å². The molecule has 0 aromatic carbocycles. The van der Waals surface area contributed by atoms with Gasteiger partial charge in [-0.05, 0) is 12.1 Å². The Morgan fingerprint density at radius 1 is 1.46 bits per heavy atom. The van der Waals surface area contributed by atoms with Gasteiger partial charge < -0.3 is 5.73 Å². The fourth-order valence-electron chi connectivity index (χ4n) is 1.13. The second-order valence-electron chi connectivity index (χ2n) is 2.51. The number of halogens is 2. The summed E-state index contributed by atoms with van der Waals surface area (Å²) >= 11 is 5.91. The van der Waals surface area contributed by atoms with Crippen LogP contribution in [0.1, 0.15) is 5.69 Å². The lowest BCUT2D eigenvalue weighted by Gasteiger charge is -1.93. The Kier molecular flexibility index (Phi) is 3.14. The average Bonchev–Trinajstić information content (AvgIpc) is 2.49. The largest absolute Gasteiger partial charge is 0.325 e. The highest BCUT2D eigenvalue weighted by molar-refractivity contribution is 6.29. The molecule has 0 radical (unpaired) electrons. The lowest BCUT2D eigenvalue weighted by Crippen LogP contribution is -1.95. The molecule has 2 aromatic heterocycles. The van der Waals surface area contributed by atoms with Crippen molar-refractivity contribution in [3.63, 3.8) is 0 Å². The maximum Gasteiger partial charge on any atom is 0.138 e. The van der Waals surface area contributed by atoms with Gasteiger partial charge in [0.1, 0.15) is 10.8 Å². The van der Waals surface area contributed by atoms with Crippen molar-refractivity contribution in [2.24, 2.45) is 5.73 Å². The Balaban J connectivity index is 0.000000845. The standard InChI is InChI=1S/C8H8ClN3.ClH/c9-7-2-1-3-8-11-6(4-10)5-12(7)8;/h1-3,5H,4,10H2;1H. The number of pyridine rings is 1. The van der Waals surface area contributed by atoms with E-state index < -0.39 is 0 Å². The van der Waals surface area contributed by atoms with Crippen LogP contribution in [0, 0.1) is 0 Å². The van der Waals surface area contributed by atoms with Crippen molar-refractivity contribution in [2.75, 3.05) is 0 Å². The van der Waals surface area contributed by atoms with E-state index in [1.54, 1.807) is 0 Å². The third-order valence-electron chi connectivity index (χ3n) is 1.70. The predicted octanol–water partition coefficient (Wildman–Crippen LogP) is 1.87. The van der Waals surface area contributed by atoms with Crippen molar-refractivity contribution in [1.29, 1.82) is 0 Å². The summed E-state index contributed by atoms with van der Waals surface area (Å²) in [5, 5.41) is 0.653. The Morgan fingerprint density at radius 2 is 2.23 bits per heavy atom. The number of rotatable bonds is 1. The summed E-state index contributed by atoms with van der Waals surface area (Å²) in [4.78, 5) is 4.25. The molecule has 0 saturated heterocycles. The van der Waals surface area contributed by atoms with Crippen LogP contribution in [0.2, 0.25) is 5.15 Å². The number of nitrogens with two attached hydrogens (primary N) is 1. The molecule has 0 aliphatic carbocycles. The first-order valence-electron chi connectivity index (χ1n) is 3.64. The minimum atomic E-state index is 0. The van der Waals surface area contributed by atoms with Crippen LogP contribution >= 0.6 is 24.0 Å². The van der Waals surface area contributed by atoms with Crippen molar-refractivity contribution in [3.05, 3.63) is 35.2 Å². The highest BCUT2D eigenvalue weighted by Gasteiger charge is 2.00. The Bertz CT molecular complexity index is 411. The van der Waals surface area contributed by atoms with Gasteiger partial charge in [-0.15, -0.1) is 12.4 Å². The molecule has 2 N–H and O–H groups in total. The summed E-state index contributed by atoms with van der Waals surface area (Å²) in [6.45, 7) is 0.442. The molecule has 0 aliphatic heterocycles. The van der Waals surface area contributed by atoms with Gasteiger partial charge in [0.15, 0.2) is 0 Å². The molecular formula is C8H9Cl2N3. The highest BCUT2D eigenvalue weighted by Crippen LogP contribution is 2.12. The molecule has 13 heavy (non-hydrogen) atoms. The topological polar surface area (TPSA) is 43.3 Å². The van der Waals surface area contributed by atoms with E-state index >= 15 is 0 Å². The van der Waals surface area contributed by atoms with Crippen LogP contribution in [0.5, 0.6) is 0 Å². The smallest absolute Gasteiger partial charge is 0.138 e. The van der Waals surface area contributed by atoms with Crippen LogP contribution in [0.15, 0.2) is 24.4 Å². The van der Waals surface area contributed by atoms with Crippen LogP contribution in [-0.2, 0) is 6.54 Å². The van der Waals surface area contributed by atoms with Crippen LogP contribution in [0.4, 0.5) is 0 Å². The average molecular weight is 218 g/mol. The van der Waals surface area contributed by atoms with E-state index in [4.69, 9.17) is 17.3 Å². The molecule has 0 spiro atoms. The lowest BCUT2D eigenvalue weighted by molar-refractivity contribution is 1.02. The third-order valence-corrected chi connectivity index (χ3v) is 2.01. The molecule has 0 unspecified atom stereocenters. The first-order valence-corrected chi connectivity index (χ1v) is 4.01. The van der Waals surface area contributed by atoms with E-state index in [1.165, 1.54) is 0 Å². The van der Waals surface area contributed by atoms with Crippen molar-refractivity contribution < 1.29 is 0 Å². The first kappa shape index (κ1) is 10.3. The van der Waals surface area contributed by atoms with Gasteiger partial charge in [-0.1, -0.05) is 17.7 Å². The third kappa shape index (κ3) is 1.77. The maximum absolute atomic E-state index is 5.91. The van der Waals surface area contributed by atoms with E-state index in [0.29, 0.717) is 11.7 Å². The van der Waals surface area contributed by atoms with Gasteiger partial charge >= 0.3 is 0 Å². The van der Waals surface area contributed by atoms with Crippen molar-refractivity contribution in [2.45, 2.75) is 6.54 Å². The second-order valence-corrected chi connectivity index (χ2v) is 2.90. The number of imidazole rings is 1. The van der Waals surface area contributed by atoms with E-state index in [2.05, 4.69) is 4.98 Å². The number of nitrogens with zero attached hydrogens (tertiary/aromatic N) is 2. The summed E-state index contributed by atoms with van der Waals surface area (Å²) in [7, 11) is 0. The molecule has 0 bridgehead atoms. The molecule has 0 amide bonds. The number of hydrogen-bond acceptors (Lipinski definition) is 2. The Morgan fingerprint density at radius 3 is 2.85 bits per heavy atom. The fraction of sp³-hybridized carbons (Fsp3) is 0.125. The van der Waals surface area contributed by atoms with Gasteiger partial charge in [0.05, 0.1) is 5.69 Å². The number of fused-ring (bicyclic) bond motifs is 1. The first-order chi connectivity index (χ1) is 5.81. The summed E-state index contributed by atoms with van der Waals surface area (Å²) in [6, 6.07) is 5.58. The fourth-order valence-corrected chi connectivity index (χ4v) is 1.33. The summed E-state index contributed by atoms with van der Waals surface area (Å²) in [5.41, 5.74) is 7.13. The summed E-state index contributed by atoms with van der Waals surface area (Å²) in [5.74, 6) is 0. The molecule has 0 aliphatic rings. The zero-order chi connectivity index (χ0) is 8.55. The molecule has 0 saturated carbocycles. The molecule has 0 atom stereocenters. The number of hydrogen-bond donors (Lipinski definition) is 1. The minimum absolute atomic E-state index is 0. The van der Waals surface area contributed by atoms with Crippen molar-refractivity contribution in [1.82, 2.24) is 9.38 Å². The molecule has 3 nitrogen and oxygen atoms in total. The molecule has 2 heterocycles. The lowest BCUT2D eigenvalue weighted by atomic mass is 10.5.